The molecule has 0 atom stereocenters. The first-order valence-electron chi connectivity index (χ1n) is 26.1. The predicted octanol–water partition coefficient (Wildman–Crippen LogP) is 1.38. The summed E-state index contributed by atoms with van der Waals surface area (Å²) in [5, 5.41) is 10.6. The van der Waals surface area contributed by atoms with Crippen LogP contribution in [0.1, 0.15) is 113 Å². The van der Waals surface area contributed by atoms with Gasteiger partial charge in [-0.25, -0.2) is 19.4 Å². The number of carbonyl (C=O) groups is 7. The molecule has 0 saturated carbocycles. The second kappa shape index (κ2) is 41.2. The molecule has 6 N–H and O–H groups in total. The molecule has 4 aliphatic rings. The molecule has 3 radical (unpaired) electrons. The van der Waals surface area contributed by atoms with E-state index in [9.17, 15) is 28.8 Å². The van der Waals surface area contributed by atoms with Crippen LogP contribution in [-0.4, -0.2) is 159 Å². The van der Waals surface area contributed by atoms with Crippen LogP contribution in [0.25, 0.3) is 0 Å². The molecule has 4 aromatic rings. The number of aliphatic carboxylic acids is 1. The second-order valence-corrected chi connectivity index (χ2v) is 18.1. The molecule has 2 aromatic carbocycles. The van der Waals surface area contributed by atoms with Crippen molar-refractivity contribution in [1.29, 1.82) is 0 Å². The number of ether oxygens (including phenoxy) is 4. The van der Waals surface area contributed by atoms with E-state index in [4.69, 9.17) is 40.3 Å². The van der Waals surface area contributed by atoms with E-state index < -0.39 is 23.9 Å². The van der Waals surface area contributed by atoms with Gasteiger partial charge < -0.3 is 63.3 Å². The van der Waals surface area contributed by atoms with Crippen molar-refractivity contribution in [3.8, 4) is 12.0 Å². The molecule has 0 unspecified atom stereocenters. The summed E-state index contributed by atoms with van der Waals surface area (Å²) in [5.74, 6) is -0.467. The van der Waals surface area contributed by atoms with E-state index in [-0.39, 0.29) is 85.8 Å². The van der Waals surface area contributed by atoms with Crippen molar-refractivity contribution in [1.82, 2.24) is 30.2 Å². The largest absolute Gasteiger partial charge is 1.00 e. The fourth-order valence-corrected chi connectivity index (χ4v) is 7.57. The Morgan fingerprint density at radius 2 is 1.10 bits per heavy atom. The summed E-state index contributed by atoms with van der Waals surface area (Å²) in [7, 11) is 4.32. The van der Waals surface area contributed by atoms with Gasteiger partial charge in [0.1, 0.15) is 29.6 Å². The Bertz CT molecular complexity index is 2600. The molecule has 8 rings (SSSR count). The van der Waals surface area contributed by atoms with E-state index in [0.29, 0.717) is 67.0 Å². The summed E-state index contributed by atoms with van der Waals surface area (Å²) < 4.78 is 25.3. The molecular formula is C55H79BN10NaO15. The number of aromatic nitrogens is 4. The molecule has 0 amide bonds. The molecule has 2 saturated heterocycles. The van der Waals surface area contributed by atoms with Crippen LogP contribution in [0.5, 0.6) is 12.0 Å². The molecule has 2 aromatic heterocycles. The van der Waals surface area contributed by atoms with Crippen molar-refractivity contribution in [2.45, 2.75) is 107 Å². The second-order valence-electron chi connectivity index (χ2n) is 18.1. The van der Waals surface area contributed by atoms with Crippen LogP contribution in [0.15, 0.2) is 48.5 Å². The van der Waals surface area contributed by atoms with Crippen LogP contribution < -0.4 is 65.6 Å². The van der Waals surface area contributed by atoms with Gasteiger partial charge in [-0.05, 0) is 35.6 Å². The fourth-order valence-electron chi connectivity index (χ4n) is 7.57. The van der Waals surface area contributed by atoms with E-state index >= 15 is 0 Å². The average molecular weight is 1150 g/mol. The number of carboxylic acid groups (broad SMARTS) is 1. The quantitative estimate of drug-likeness (QED) is 0.0429. The predicted molar refractivity (Wildman–Crippen MR) is 302 cm³/mol. The maximum absolute atomic E-state index is 12.4. The van der Waals surface area contributed by atoms with Crippen molar-refractivity contribution in [2.75, 3.05) is 100 Å². The van der Waals surface area contributed by atoms with E-state index in [1.54, 1.807) is 12.1 Å². The van der Waals surface area contributed by atoms with Gasteiger partial charge in [0.25, 0.3) is 5.97 Å². The van der Waals surface area contributed by atoms with Crippen LogP contribution in [0.3, 0.4) is 0 Å². The Hall–Kier alpha value is -6.81. The summed E-state index contributed by atoms with van der Waals surface area (Å²) in [6.45, 7) is 19.7. The van der Waals surface area contributed by atoms with Gasteiger partial charge in [0.2, 0.25) is 5.97 Å². The average Bonchev–Trinajstić information content (AvgIpc) is 3.59. The summed E-state index contributed by atoms with van der Waals surface area (Å²) in [6.07, 6.45) is 5.17. The molecular weight excluding hydrogens is 1070 g/mol. The van der Waals surface area contributed by atoms with Gasteiger partial charge in [0, 0.05) is 103 Å². The van der Waals surface area contributed by atoms with Gasteiger partial charge in [0.05, 0.1) is 52.7 Å². The number of aldehydes is 1. The Balaban J connectivity index is 0.000000587. The first kappa shape index (κ1) is 73.2. The number of carboxylic acids is 1. The number of hydrogen-bond acceptors (Lipinski definition) is 24. The van der Waals surface area contributed by atoms with E-state index in [0.717, 1.165) is 123 Å². The number of anilines is 4. The van der Waals surface area contributed by atoms with E-state index in [2.05, 4.69) is 90.7 Å². The molecule has 0 bridgehead atoms. The first-order chi connectivity index (χ1) is 38.3. The van der Waals surface area contributed by atoms with Crippen molar-refractivity contribution < 1.29 is 102 Å². The van der Waals surface area contributed by atoms with Crippen LogP contribution in [0.2, 0.25) is 0 Å². The number of nitrogen functional groups attached to an aromatic ring is 2. The van der Waals surface area contributed by atoms with Crippen molar-refractivity contribution in [3.63, 3.8) is 0 Å². The minimum atomic E-state index is -0.833. The summed E-state index contributed by atoms with van der Waals surface area (Å²) in [4.78, 5) is 105. The van der Waals surface area contributed by atoms with E-state index in [1.807, 2.05) is 21.9 Å². The van der Waals surface area contributed by atoms with Gasteiger partial charge in [-0.1, -0.05) is 76.6 Å². The van der Waals surface area contributed by atoms with Crippen molar-refractivity contribution >= 4 is 73.1 Å². The zero-order valence-corrected chi connectivity index (χ0v) is 49.6. The summed E-state index contributed by atoms with van der Waals surface area (Å²) >= 11 is 0. The Labute approximate surface area is 503 Å². The third kappa shape index (κ3) is 29.3. The maximum Gasteiger partial charge on any atom is 1.00 e. The minimum Gasteiger partial charge on any atom is -0.793 e. The number of Topliss-reactive ketones (excluding diaryl/α,β-unsaturated/α-hetero) is 2. The van der Waals surface area contributed by atoms with Gasteiger partial charge in [-0.2, -0.15) is 19.9 Å². The molecule has 2 fully saturated rings. The number of rotatable bonds is 15. The number of unbranched alkanes of at least 4 members (excludes halogenated alkanes) is 2. The Morgan fingerprint density at radius 3 is 1.48 bits per heavy atom. The van der Waals surface area contributed by atoms with Crippen LogP contribution in [-0.2, 0) is 85.1 Å². The smallest absolute Gasteiger partial charge is 0.793 e. The number of hydrogen-bond donors (Lipinski definition) is 4. The van der Waals surface area contributed by atoms with E-state index in [1.165, 1.54) is 12.5 Å². The molecule has 82 heavy (non-hydrogen) atoms. The van der Waals surface area contributed by atoms with Gasteiger partial charge in [-0.15, -0.1) is 0 Å². The van der Waals surface area contributed by atoms with Crippen LogP contribution in [0, 0.1) is 0 Å². The van der Waals surface area contributed by atoms with Crippen molar-refractivity contribution in [3.05, 3.63) is 81.9 Å². The number of fused-ring (bicyclic) bond motifs is 2. The fraction of sp³-hybridized carbons (Fsp3) is 0.509. The zero-order chi connectivity index (χ0) is 58.8. The Morgan fingerprint density at radius 1 is 0.683 bits per heavy atom. The van der Waals surface area contributed by atoms with Gasteiger partial charge >= 0.3 is 53.5 Å². The molecule has 27 heteroatoms. The van der Waals surface area contributed by atoms with Crippen LogP contribution >= 0.6 is 0 Å². The minimum absolute atomic E-state index is 0. The van der Waals surface area contributed by atoms with Crippen molar-refractivity contribution in [2.24, 2.45) is 0 Å². The summed E-state index contributed by atoms with van der Waals surface area (Å²) in [6, 6.07) is 16.3. The molecule has 443 valence electrons. The normalized spacial score (nSPS) is 13.9. The number of carbonyl (C=O) groups excluding carboxylic acids is 6. The molecule has 6 heterocycles. The first-order valence-corrected chi connectivity index (χ1v) is 26.1. The number of morpholine rings is 2. The number of benzene rings is 2. The third-order valence-corrected chi connectivity index (χ3v) is 11.2. The topological polar surface area (TPSA) is 330 Å². The van der Waals surface area contributed by atoms with Crippen LogP contribution in [0.4, 0.5) is 23.3 Å². The number of nitrogens with two attached hydrogens (primary N) is 2. The number of nitrogens with zero attached hydrogens (tertiary/aromatic N) is 7. The number of ketones is 2. The SMILES string of the molecule is C.C1COCCN1.CC(=O)O.CC(=O)OOC(C)=O.CCCCOc1nc(N)c2c(n1)N(Cc1cccc(C=O)c1)CC(=O)C2.CCCCOc1nc(N)c2c(n1)N(Cc1cccc(CN3CCOCC3)c1)CC(=O)C2.[B-]OC(C)=O.[Na+]. The molecule has 25 nitrogen and oxygen atoms in total. The molecule has 0 aliphatic carbocycles. The molecule has 4 aliphatic heterocycles. The zero-order valence-electron chi connectivity index (χ0n) is 47.6. The standard InChI is InChI=1S/C23H31N5O3.C19H22N4O3.C4H9NO.C4H6O4.C2H3BO2.C2H4O2.CH4.Na/c1-2-3-9-31-23-25-21(24)20-13-19(29)16-28(22(20)26-23)15-18-6-4-5-17(12-18)14-27-7-10-30-11-8-27;1-2-3-7-26-19-21-17(20)16-9-15(25)11-23(18(16)22-19)10-13-5-4-6-14(8-13)12-24;1-3-6-4-2-5-1;1-3(5)7-8-4(2)6;1-2(4)5-3;1-2(3)4;;/h4-6,12H,2-3,7-11,13-16H2,1H3,(H2,24,25,26);4-6,8,12H,2-3,7,9-11H2,1H3,(H2,20,21,22);5H,1-4H2;1-2H3;1H3;1H3,(H,3,4);1H4;/q;;;;-1;;;+1. The maximum atomic E-state index is 12.4. The third-order valence-electron chi connectivity index (χ3n) is 11.2. The number of nitrogens with one attached hydrogen (secondary N) is 1. The van der Waals surface area contributed by atoms with Gasteiger partial charge in [-0.3, -0.25) is 28.9 Å². The Kier molecular flexibility index (Phi) is 36.8. The van der Waals surface area contributed by atoms with Gasteiger partial charge in [0.15, 0.2) is 11.6 Å². The summed E-state index contributed by atoms with van der Waals surface area (Å²) in [5.41, 5.74) is 17.5. The molecule has 0 spiro atoms. The monoisotopic (exact) mass is 1150 g/mol.